The Morgan fingerprint density at radius 3 is 3.11 bits per heavy atom. The van der Waals surface area contributed by atoms with Gasteiger partial charge in [0.05, 0.1) is 24.3 Å². The largest absolute Gasteiger partial charge is 0.352 e. The minimum Gasteiger partial charge on any atom is -0.352 e. The molecule has 3 aliphatic rings. The van der Waals surface area contributed by atoms with E-state index in [-0.39, 0.29) is 0 Å². The van der Waals surface area contributed by atoms with E-state index >= 15 is 0 Å². The predicted molar refractivity (Wildman–Crippen MR) is 74.1 cm³/mol. The molecule has 1 aromatic heterocycles. The van der Waals surface area contributed by atoms with Crippen molar-refractivity contribution in [3.8, 4) is 0 Å². The molecule has 0 spiro atoms. The SMILES string of the molecule is c1nc2c([nH]1)CN(C1=NN=C(CC3CCC3)C1)CC2. The van der Waals surface area contributed by atoms with Gasteiger partial charge in [-0.2, -0.15) is 5.10 Å². The molecule has 1 saturated carbocycles. The summed E-state index contributed by atoms with van der Waals surface area (Å²) in [6.07, 6.45) is 9.10. The Morgan fingerprint density at radius 1 is 1.32 bits per heavy atom. The van der Waals surface area contributed by atoms with Crippen LogP contribution in [-0.4, -0.2) is 33.0 Å². The Morgan fingerprint density at radius 2 is 2.26 bits per heavy atom. The average Bonchev–Trinajstić information content (AvgIpc) is 3.02. The van der Waals surface area contributed by atoms with E-state index in [4.69, 9.17) is 0 Å². The molecule has 4 rings (SSSR count). The number of hydrogen-bond donors (Lipinski definition) is 1. The highest BCUT2D eigenvalue weighted by Crippen LogP contribution is 2.31. The number of amidine groups is 1. The molecule has 100 valence electrons. The van der Waals surface area contributed by atoms with Crippen LogP contribution < -0.4 is 0 Å². The first-order valence-electron chi connectivity index (χ1n) is 7.27. The Labute approximate surface area is 112 Å². The topological polar surface area (TPSA) is 56.6 Å². The lowest BCUT2D eigenvalue weighted by Crippen LogP contribution is -2.36. The fraction of sp³-hybridized carbons (Fsp3) is 0.643. The molecule has 1 N–H and O–H groups in total. The first-order valence-corrected chi connectivity index (χ1v) is 7.27. The molecule has 3 heterocycles. The van der Waals surface area contributed by atoms with Crippen LogP contribution in [0.1, 0.15) is 43.5 Å². The minimum atomic E-state index is 0.883. The lowest BCUT2D eigenvalue weighted by atomic mass is 9.81. The third-order valence-electron chi connectivity index (χ3n) is 4.56. The minimum absolute atomic E-state index is 0.883. The molecule has 0 radical (unpaired) electrons. The van der Waals surface area contributed by atoms with Crippen molar-refractivity contribution < 1.29 is 0 Å². The maximum Gasteiger partial charge on any atom is 0.133 e. The molecular formula is C14H19N5. The van der Waals surface area contributed by atoms with E-state index < -0.39 is 0 Å². The number of aromatic nitrogens is 2. The summed E-state index contributed by atoms with van der Waals surface area (Å²) >= 11 is 0. The second kappa shape index (κ2) is 4.47. The van der Waals surface area contributed by atoms with Crippen molar-refractivity contribution >= 4 is 11.5 Å². The van der Waals surface area contributed by atoms with Crippen molar-refractivity contribution in [2.75, 3.05) is 6.54 Å². The van der Waals surface area contributed by atoms with Gasteiger partial charge in [0.15, 0.2) is 0 Å². The number of hydrogen-bond acceptors (Lipinski definition) is 4. The van der Waals surface area contributed by atoms with Crippen LogP contribution in [0.3, 0.4) is 0 Å². The van der Waals surface area contributed by atoms with Gasteiger partial charge in [0.25, 0.3) is 0 Å². The quantitative estimate of drug-likeness (QED) is 0.882. The molecule has 1 aliphatic carbocycles. The molecule has 5 heteroatoms. The van der Waals surface area contributed by atoms with Crippen molar-refractivity contribution in [2.24, 2.45) is 16.1 Å². The van der Waals surface area contributed by atoms with Crippen molar-refractivity contribution in [3.63, 3.8) is 0 Å². The highest BCUT2D eigenvalue weighted by Gasteiger charge is 2.26. The average molecular weight is 257 g/mol. The standard InChI is InChI=1S/C14H19N5/c1-2-10(3-1)6-11-7-14(18-17-11)19-5-4-12-13(8-19)16-9-15-12/h9-10H,1-8H2,(H,15,16). The van der Waals surface area contributed by atoms with E-state index in [1.807, 2.05) is 0 Å². The lowest BCUT2D eigenvalue weighted by molar-refractivity contribution is 0.326. The number of nitrogens with one attached hydrogen (secondary N) is 1. The lowest BCUT2D eigenvalue weighted by Gasteiger charge is -2.28. The number of rotatable bonds is 2. The monoisotopic (exact) mass is 257 g/mol. The number of aromatic amines is 1. The number of nitrogens with zero attached hydrogens (tertiary/aromatic N) is 4. The molecule has 19 heavy (non-hydrogen) atoms. The van der Waals surface area contributed by atoms with Gasteiger partial charge in [-0.05, 0) is 12.3 Å². The second-order valence-electron chi connectivity index (χ2n) is 5.86. The van der Waals surface area contributed by atoms with Gasteiger partial charge >= 0.3 is 0 Å². The molecule has 1 fully saturated rings. The van der Waals surface area contributed by atoms with E-state index in [2.05, 4.69) is 25.1 Å². The van der Waals surface area contributed by atoms with Crippen LogP contribution in [-0.2, 0) is 13.0 Å². The summed E-state index contributed by atoms with van der Waals surface area (Å²) in [5.41, 5.74) is 3.74. The van der Waals surface area contributed by atoms with Gasteiger partial charge in [0, 0.05) is 25.1 Å². The van der Waals surface area contributed by atoms with Gasteiger partial charge in [-0.1, -0.05) is 19.3 Å². The van der Waals surface area contributed by atoms with Crippen LogP contribution in [0.4, 0.5) is 0 Å². The molecule has 2 aliphatic heterocycles. The highest BCUT2D eigenvalue weighted by atomic mass is 15.3. The third-order valence-corrected chi connectivity index (χ3v) is 4.56. The van der Waals surface area contributed by atoms with Crippen LogP contribution in [0.25, 0.3) is 0 Å². The summed E-state index contributed by atoms with van der Waals surface area (Å²) in [6.45, 7) is 1.92. The van der Waals surface area contributed by atoms with E-state index in [1.165, 1.54) is 36.4 Å². The van der Waals surface area contributed by atoms with Crippen LogP contribution in [0.15, 0.2) is 16.5 Å². The van der Waals surface area contributed by atoms with Crippen LogP contribution in [0.2, 0.25) is 0 Å². The van der Waals surface area contributed by atoms with Crippen molar-refractivity contribution in [3.05, 3.63) is 17.7 Å². The normalized spacial score (nSPS) is 22.8. The number of H-pyrrole nitrogens is 1. The zero-order valence-electron chi connectivity index (χ0n) is 11.1. The molecule has 5 nitrogen and oxygen atoms in total. The zero-order valence-corrected chi connectivity index (χ0v) is 11.1. The summed E-state index contributed by atoms with van der Waals surface area (Å²) in [5, 5.41) is 8.80. The van der Waals surface area contributed by atoms with E-state index in [9.17, 15) is 0 Å². The predicted octanol–water partition coefficient (Wildman–Crippen LogP) is 2.12. The smallest absolute Gasteiger partial charge is 0.133 e. The summed E-state index contributed by atoms with van der Waals surface area (Å²) in [5.74, 6) is 2.03. The van der Waals surface area contributed by atoms with Gasteiger partial charge in [0.2, 0.25) is 0 Å². The maximum atomic E-state index is 4.41. The van der Waals surface area contributed by atoms with Crippen molar-refractivity contribution in [2.45, 2.75) is 45.1 Å². The van der Waals surface area contributed by atoms with Crippen LogP contribution >= 0.6 is 0 Å². The van der Waals surface area contributed by atoms with Crippen molar-refractivity contribution in [1.82, 2.24) is 14.9 Å². The molecule has 0 amide bonds. The molecule has 0 aromatic carbocycles. The fourth-order valence-corrected chi connectivity index (χ4v) is 3.13. The number of fused-ring (bicyclic) bond motifs is 1. The van der Waals surface area contributed by atoms with Gasteiger partial charge in [-0.15, -0.1) is 5.10 Å². The fourth-order valence-electron chi connectivity index (χ4n) is 3.13. The maximum absolute atomic E-state index is 4.41. The molecule has 0 unspecified atom stereocenters. The molecule has 0 saturated heterocycles. The number of imidazole rings is 1. The van der Waals surface area contributed by atoms with Gasteiger partial charge in [0.1, 0.15) is 5.84 Å². The van der Waals surface area contributed by atoms with Gasteiger partial charge < -0.3 is 9.88 Å². The third kappa shape index (κ3) is 2.07. The van der Waals surface area contributed by atoms with Gasteiger partial charge in [-0.25, -0.2) is 4.98 Å². The zero-order chi connectivity index (χ0) is 12.7. The summed E-state index contributed by atoms with van der Waals surface area (Å²) in [4.78, 5) is 9.91. The Bertz CT molecular complexity index is 538. The summed E-state index contributed by atoms with van der Waals surface area (Å²) in [7, 11) is 0. The van der Waals surface area contributed by atoms with Gasteiger partial charge in [-0.3, -0.25) is 0 Å². The Hall–Kier alpha value is -1.65. The summed E-state index contributed by atoms with van der Waals surface area (Å²) < 4.78 is 0. The molecule has 1 aromatic rings. The van der Waals surface area contributed by atoms with Crippen LogP contribution in [0, 0.1) is 5.92 Å². The van der Waals surface area contributed by atoms with Crippen LogP contribution in [0.5, 0.6) is 0 Å². The Kier molecular flexibility index (Phi) is 2.64. The second-order valence-corrected chi connectivity index (χ2v) is 5.86. The van der Waals surface area contributed by atoms with E-state index in [0.717, 1.165) is 44.1 Å². The molecular weight excluding hydrogens is 238 g/mol. The van der Waals surface area contributed by atoms with Crippen molar-refractivity contribution in [1.29, 1.82) is 0 Å². The Balaban J connectivity index is 1.37. The van der Waals surface area contributed by atoms with E-state index in [0.29, 0.717) is 0 Å². The molecule has 0 atom stereocenters. The molecule has 0 bridgehead atoms. The van der Waals surface area contributed by atoms with E-state index in [1.54, 1.807) is 6.33 Å². The first kappa shape index (κ1) is 11.2. The first-order chi connectivity index (χ1) is 9.38. The highest BCUT2D eigenvalue weighted by molar-refractivity contribution is 6.06. The summed E-state index contributed by atoms with van der Waals surface area (Å²) in [6, 6.07) is 0.